The van der Waals surface area contributed by atoms with Crippen molar-refractivity contribution in [2.75, 3.05) is 0 Å². The van der Waals surface area contributed by atoms with Crippen molar-refractivity contribution in [2.45, 2.75) is 13.8 Å². The van der Waals surface area contributed by atoms with E-state index in [-0.39, 0.29) is 0 Å². The highest BCUT2D eigenvalue weighted by Gasteiger charge is 2.20. The average Bonchev–Trinajstić information content (AvgIpc) is 3.54. The van der Waals surface area contributed by atoms with Crippen molar-refractivity contribution in [3.63, 3.8) is 0 Å². The number of pyridine rings is 1. The Hall–Kier alpha value is -5.66. The Morgan fingerprint density at radius 2 is 1.19 bits per heavy atom. The molecule has 4 heteroatoms. The summed E-state index contributed by atoms with van der Waals surface area (Å²) in [6.45, 7) is 4.32. The Bertz CT molecular complexity index is 2340. The third kappa shape index (κ3) is 3.44. The van der Waals surface area contributed by atoms with Crippen LogP contribution in [-0.2, 0) is 0 Å². The van der Waals surface area contributed by atoms with Crippen LogP contribution in [0.1, 0.15) is 16.7 Å². The summed E-state index contributed by atoms with van der Waals surface area (Å²) in [5.74, 6) is 0. The summed E-state index contributed by atoms with van der Waals surface area (Å²) in [6.07, 6.45) is 1.87. The van der Waals surface area contributed by atoms with Crippen LogP contribution in [0.4, 0.5) is 0 Å². The minimum Gasteiger partial charge on any atom is -0.309 e. The third-order valence-corrected chi connectivity index (χ3v) is 8.51. The molecule has 3 aromatic heterocycles. The van der Waals surface area contributed by atoms with E-state index < -0.39 is 0 Å². The second-order valence-corrected chi connectivity index (χ2v) is 10.9. The number of nitriles is 1. The fourth-order valence-electron chi connectivity index (χ4n) is 6.56. The number of hydrogen-bond acceptors (Lipinski definition) is 2. The van der Waals surface area contributed by atoms with Gasteiger partial charge in [0.25, 0.3) is 0 Å². The number of aromatic nitrogens is 3. The van der Waals surface area contributed by atoms with Crippen molar-refractivity contribution >= 4 is 43.6 Å². The molecule has 4 nitrogen and oxygen atoms in total. The SMILES string of the molecule is Cc1cccnc1-c1cc(-n2c3ccccc3c3ccccc32)cc(-n2c3ccccc3c3cc(C#N)ccc32)c1C. The maximum absolute atomic E-state index is 9.67. The van der Waals surface area contributed by atoms with E-state index in [1.54, 1.807) is 0 Å². The molecule has 0 saturated carbocycles. The zero-order chi connectivity index (χ0) is 28.4. The molecule has 198 valence electrons. The lowest BCUT2D eigenvalue weighted by Crippen LogP contribution is -2.04. The second-order valence-electron chi connectivity index (χ2n) is 10.9. The van der Waals surface area contributed by atoms with E-state index in [4.69, 9.17) is 4.98 Å². The van der Waals surface area contributed by atoms with Gasteiger partial charge in [-0.25, -0.2) is 0 Å². The van der Waals surface area contributed by atoms with Gasteiger partial charge < -0.3 is 9.13 Å². The molecule has 0 atom stereocenters. The first-order chi connectivity index (χ1) is 20.6. The number of benzene rings is 5. The van der Waals surface area contributed by atoms with E-state index in [1.807, 2.05) is 24.4 Å². The fourth-order valence-corrected chi connectivity index (χ4v) is 6.56. The first-order valence-corrected chi connectivity index (χ1v) is 14.1. The first kappa shape index (κ1) is 24.2. The zero-order valence-corrected chi connectivity index (χ0v) is 23.3. The number of para-hydroxylation sites is 3. The van der Waals surface area contributed by atoms with Crippen LogP contribution in [0.3, 0.4) is 0 Å². The van der Waals surface area contributed by atoms with Crippen molar-refractivity contribution in [1.82, 2.24) is 14.1 Å². The van der Waals surface area contributed by atoms with Crippen LogP contribution in [0.5, 0.6) is 0 Å². The van der Waals surface area contributed by atoms with Crippen molar-refractivity contribution in [1.29, 1.82) is 5.26 Å². The van der Waals surface area contributed by atoms with E-state index in [1.165, 1.54) is 10.8 Å². The monoisotopic (exact) mass is 538 g/mol. The Morgan fingerprint density at radius 1 is 0.595 bits per heavy atom. The lowest BCUT2D eigenvalue weighted by Gasteiger charge is -2.19. The Morgan fingerprint density at radius 3 is 1.83 bits per heavy atom. The summed E-state index contributed by atoms with van der Waals surface area (Å²) in [7, 11) is 0. The molecule has 5 aromatic carbocycles. The highest BCUT2D eigenvalue weighted by Crippen LogP contribution is 2.40. The molecule has 0 aliphatic rings. The lowest BCUT2D eigenvalue weighted by molar-refractivity contribution is 1.11. The van der Waals surface area contributed by atoms with E-state index in [0.717, 1.165) is 66.6 Å². The Labute approximate surface area is 243 Å². The summed E-state index contributed by atoms with van der Waals surface area (Å²) in [4.78, 5) is 4.87. The van der Waals surface area contributed by atoms with Gasteiger partial charge in [0.1, 0.15) is 0 Å². The van der Waals surface area contributed by atoms with E-state index in [0.29, 0.717) is 5.56 Å². The Balaban J connectivity index is 1.54. The van der Waals surface area contributed by atoms with Crippen LogP contribution in [0, 0.1) is 25.2 Å². The normalized spacial score (nSPS) is 11.5. The van der Waals surface area contributed by atoms with E-state index >= 15 is 0 Å². The zero-order valence-electron chi connectivity index (χ0n) is 23.3. The van der Waals surface area contributed by atoms with E-state index in [2.05, 4.69) is 126 Å². The van der Waals surface area contributed by atoms with Crippen molar-refractivity contribution < 1.29 is 0 Å². The molecule has 0 spiro atoms. The van der Waals surface area contributed by atoms with Gasteiger partial charge >= 0.3 is 0 Å². The molecular weight excluding hydrogens is 512 g/mol. The summed E-state index contributed by atoms with van der Waals surface area (Å²) >= 11 is 0. The highest BCUT2D eigenvalue weighted by molar-refractivity contribution is 6.11. The molecule has 0 radical (unpaired) electrons. The van der Waals surface area contributed by atoms with Crippen LogP contribution in [0.2, 0.25) is 0 Å². The van der Waals surface area contributed by atoms with Crippen molar-refractivity contribution in [3.05, 3.63) is 138 Å². The van der Waals surface area contributed by atoms with Gasteiger partial charge in [-0.15, -0.1) is 0 Å². The molecule has 0 bridgehead atoms. The lowest BCUT2D eigenvalue weighted by atomic mass is 9.98. The van der Waals surface area contributed by atoms with Gasteiger partial charge in [0.2, 0.25) is 0 Å². The van der Waals surface area contributed by atoms with Gasteiger partial charge in [-0.1, -0.05) is 60.7 Å². The molecule has 0 fully saturated rings. The van der Waals surface area contributed by atoms with E-state index in [9.17, 15) is 5.26 Å². The topological polar surface area (TPSA) is 46.5 Å². The fraction of sp³-hybridized carbons (Fsp3) is 0.0526. The molecule has 42 heavy (non-hydrogen) atoms. The average molecular weight is 539 g/mol. The van der Waals surface area contributed by atoms with Crippen LogP contribution >= 0.6 is 0 Å². The van der Waals surface area contributed by atoms with Gasteiger partial charge in [0.15, 0.2) is 0 Å². The number of aryl methyl sites for hydroxylation is 1. The standard InChI is InChI=1S/C38H26N4/c1-24-10-9-19-40-38(24)31-21-27(41-33-14-6-3-11-28(33)29-12-4-7-15-34(29)41)22-37(25(31)2)42-35-16-8-5-13-30(35)32-20-26(23-39)17-18-36(32)42/h3-22H,1-2H3. The maximum Gasteiger partial charge on any atom is 0.0991 e. The summed E-state index contributed by atoms with van der Waals surface area (Å²) < 4.78 is 4.72. The highest BCUT2D eigenvalue weighted by atomic mass is 15.0. The molecule has 8 aromatic rings. The molecule has 3 heterocycles. The molecule has 8 rings (SSSR count). The smallest absolute Gasteiger partial charge is 0.0991 e. The first-order valence-electron chi connectivity index (χ1n) is 14.1. The second kappa shape index (κ2) is 9.19. The number of fused-ring (bicyclic) bond motifs is 6. The number of nitrogens with zero attached hydrogens (tertiary/aromatic N) is 4. The number of hydrogen-bond donors (Lipinski definition) is 0. The van der Waals surface area contributed by atoms with Gasteiger partial charge in [0, 0.05) is 39.0 Å². The van der Waals surface area contributed by atoms with Crippen LogP contribution < -0.4 is 0 Å². The van der Waals surface area contributed by atoms with Crippen LogP contribution in [0.15, 0.2) is 121 Å². The van der Waals surface area contributed by atoms with Crippen LogP contribution in [-0.4, -0.2) is 14.1 Å². The summed E-state index contributed by atoms with van der Waals surface area (Å²) in [5, 5.41) is 14.3. The predicted molar refractivity (Wildman–Crippen MR) is 173 cm³/mol. The van der Waals surface area contributed by atoms with Gasteiger partial charge in [-0.2, -0.15) is 5.26 Å². The largest absolute Gasteiger partial charge is 0.309 e. The maximum atomic E-state index is 9.67. The molecule has 0 N–H and O–H groups in total. The van der Waals surface area contributed by atoms with Crippen LogP contribution in [0.25, 0.3) is 66.2 Å². The molecule has 0 aliphatic heterocycles. The van der Waals surface area contributed by atoms with Crippen molar-refractivity contribution in [3.8, 4) is 28.7 Å². The van der Waals surface area contributed by atoms with Crippen molar-refractivity contribution in [2.24, 2.45) is 0 Å². The molecule has 0 amide bonds. The van der Waals surface area contributed by atoms with Gasteiger partial charge in [-0.3, -0.25) is 4.98 Å². The van der Waals surface area contributed by atoms with Gasteiger partial charge in [0.05, 0.1) is 45.1 Å². The minimum absolute atomic E-state index is 0.658. The minimum atomic E-state index is 0.658. The molecule has 0 unspecified atom stereocenters. The predicted octanol–water partition coefficient (Wildman–Crippen LogP) is 9.43. The Kier molecular flexibility index (Phi) is 5.29. The summed E-state index contributed by atoms with van der Waals surface area (Å²) in [6, 6.07) is 42.7. The summed E-state index contributed by atoms with van der Waals surface area (Å²) in [5.41, 5.74) is 11.7. The van der Waals surface area contributed by atoms with Gasteiger partial charge in [-0.05, 0) is 79.6 Å². The molecule has 0 saturated heterocycles. The third-order valence-electron chi connectivity index (χ3n) is 8.51. The quantitative estimate of drug-likeness (QED) is 0.225. The molecular formula is C38H26N4. The number of rotatable bonds is 3. The molecule has 0 aliphatic carbocycles.